The molecule has 4 heteroatoms. The Labute approximate surface area is 129 Å². The van der Waals surface area contributed by atoms with Crippen molar-refractivity contribution in [2.45, 2.75) is 70.0 Å². The van der Waals surface area contributed by atoms with Crippen LogP contribution in [0.3, 0.4) is 0 Å². The molecule has 1 aliphatic carbocycles. The number of hydrogen-bond acceptors (Lipinski definition) is 3. The van der Waals surface area contributed by atoms with Gasteiger partial charge in [0.1, 0.15) is 0 Å². The number of nitrogens with one attached hydrogen (secondary N) is 1. The zero-order chi connectivity index (χ0) is 14.8. The predicted molar refractivity (Wildman–Crippen MR) is 85.2 cm³/mol. The van der Waals surface area contributed by atoms with Crippen molar-refractivity contribution in [3.8, 4) is 0 Å². The van der Waals surface area contributed by atoms with E-state index in [9.17, 15) is 4.79 Å². The molecule has 0 aromatic carbocycles. The highest BCUT2D eigenvalue weighted by Gasteiger charge is 2.40. The Morgan fingerprint density at radius 1 is 1.19 bits per heavy atom. The molecule has 1 saturated carbocycles. The summed E-state index contributed by atoms with van der Waals surface area (Å²) < 4.78 is 0. The van der Waals surface area contributed by atoms with Gasteiger partial charge in [-0.3, -0.25) is 4.79 Å². The van der Waals surface area contributed by atoms with Crippen molar-refractivity contribution in [2.75, 3.05) is 26.7 Å². The molecular formula is C17H31N3O. The number of likely N-dealkylation sites (N-methyl/N-ethyl adjacent to an activating group) is 1. The molecule has 3 atom stereocenters. The monoisotopic (exact) mass is 293 g/mol. The number of carbonyl (C=O) groups excluding carboxylic acids is 1. The zero-order valence-corrected chi connectivity index (χ0v) is 13.7. The number of likely N-dealkylation sites (tertiary alicyclic amines) is 1. The molecule has 4 nitrogen and oxygen atoms in total. The molecule has 3 aliphatic rings. The fourth-order valence-electron chi connectivity index (χ4n) is 4.56. The van der Waals surface area contributed by atoms with Crippen LogP contribution < -0.4 is 5.32 Å². The van der Waals surface area contributed by atoms with Crippen LogP contribution in [0.5, 0.6) is 0 Å². The fraction of sp³-hybridized carbons (Fsp3) is 0.941. The average molecular weight is 293 g/mol. The van der Waals surface area contributed by atoms with E-state index >= 15 is 0 Å². The number of rotatable bonds is 3. The molecule has 3 fully saturated rings. The summed E-state index contributed by atoms with van der Waals surface area (Å²) in [5.74, 6) is 1.10. The van der Waals surface area contributed by atoms with Crippen LogP contribution in [0.1, 0.15) is 51.9 Å². The van der Waals surface area contributed by atoms with E-state index in [4.69, 9.17) is 0 Å². The van der Waals surface area contributed by atoms with Crippen LogP contribution in [0.25, 0.3) is 0 Å². The van der Waals surface area contributed by atoms with E-state index in [0.717, 1.165) is 44.8 Å². The predicted octanol–water partition coefficient (Wildman–Crippen LogP) is 1.85. The molecule has 3 unspecified atom stereocenters. The van der Waals surface area contributed by atoms with E-state index in [-0.39, 0.29) is 6.04 Å². The summed E-state index contributed by atoms with van der Waals surface area (Å²) in [5, 5.41) is 3.63. The Kier molecular flexibility index (Phi) is 4.85. The Hall–Kier alpha value is -0.610. The molecule has 0 aromatic rings. The lowest BCUT2D eigenvalue weighted by Crippen LogP contribution is -2.51. The maximum atomic E-state index is 12.8. The second-order valence-corrected chi connectivity index (χ2v) is 7.22. The minimum atomic E-state index is 0.0901. The van der Waals surface area contributed by atoms with Crippen LogP contribution in [0.4, 0.5) is 0 Å². The molecule has 0 spiro atoms. The highest BCUT2D eigenvalue weighted by molar-refractivity contribution is 5.82. The highest BCUT2D eigenvalue weighted by Crippen LogP contribution is 2.34. The third-order valence-electron chi connectivity index (χ3n) is 6.06. The molecule has 0 aromatic heterocycles. The molecule has 120 valence electrons. The minimum Gasteiger partial charge on any atom is -0.341 e. The molecule has 3 rings (SSSR count). The van der Waals surface area contributed by atoms with Crippen molar-refractivity contribution >= 4 is 5.91 Å². The van der Waals surface area contributed by atoms with E-state index in [0.29, 0.717) is 18.0 Å². The lowest BCUT2D eigenvalue weighted by Gasteiger charge is -2.37. The maximum Gasteiger partial charge on any atom is 0.239 e. The number of carbonyl (C=O) groups is 1. The quantitative estimate of drug-likeness (QED) is 0.862. The van der Waals surface area contributed by atoms with E-state index in [2.05, 4.69) is 22.0 Å². The van der Waals surface area contributed by atoms with Gasteiger partial charge in [0, 0.05) is 32.2 Å². The number of fused-ring (bicyclic) bond motifs is 1. The smallest absolute Gasteiger partial charge is 0.239 e. The first-order valence-electron chi connectivity index (χ1n) is 8.94. The number of piperidine rings is 1. The summed E-state index contributed by atoms with van der Waals surface area (Å²) in [7, 11) is 2.03. The Bertz CT molecular complexity index is 351. The average Bonchev–Trinajstić information content (AvgIpc) is 2.97. The normalized spacial score (nSPS) is 34.7. The van der Waals surface area contributed by atoms with Gasteiger partial charge in [-0.1, -0.05) is 19.8 Å². The standard InChI is InChI=1S/C17H31N3O/c1-3-20-10-8-14(9-11-20)19(2)17(21)16-12-13-6-4-5-7-15(13)18-16/h13-16,18H,3-12H2,1-2H3. The van der Waals surface area contributed by atoms with Crippen LogP contribution >= 0.6 is 0 Å². The summed E-state index contributed by atoms with van der Waals surface area (Å²) in [6, 6.07) is 1.15. The van der Waals surface area contributed by atoms with Crippen LogP contribution in [0, 0.1) is 5.92 Å². The van der Waals surface area contributed by atoms with Gasteiger partial charge in [0.2, 0.25) is 5.91 Å². The summed E-state index contributed by atoms with van der Waals surface area (Å²) in [6.07, 6.45) is 8.62. The van der Waals surface area contributed by atoms with Gasteiger partial charge >= 0.3 is 0 Å². The van der Waals surface area contributed by atoms with E-state index in [1.54, 1.807) is 0 Å². The van der Waals surface area contributed by atoms with Gasteiger partial charge in [0.15, 0.2) is 0 Å². The Morgan fingerprint density at radius 3 is 2.57 bits per heavy atom. The summed E-state index contributed by atoms with van der Waals surface area (Å²) in [5.41, 5.74) is 0. The summed E-state index contributed by atoms with van der Waals surface area (Å²) >= 11 is 0. The van der Waals surface area contributed by atoms with Crippen molar-refractivity contribution < 1.29 is 4.79 Å². The molecule has 0 radical (unpaired) electrons. The number of hydrogen-bond donors (Lipinski definition) is 1. The van der Waals surface area contributed by atoms with Crippen molar-refractivity contribution in [1.29, 1.82) is 0 Å². The topological polar surface area (TPSA) is 35.6 Å². The second kappa shape index (κ2) is 6.66. The lowest BCUT2D eigenvalue weighted by atomic mass is 9.85. The van der Waals surface area contributed by atoms with Crippen molar-refractivity contribution in [1.82, 2.24) is 15.1 Å². The first-order valence-corrected chi connectivity index (χ1v) is 8.94. The molecular weight excluding hydrogens is 262 g/mol. The molecule has 1 N–H and O–H groups in total. The highest BCUT2D eigenvalue weighted by atomic mass is 16.2. The molecule has 1 amide bonds. The number of nitrogens with zero attached hydrogens (tertiary/aromatic N) is 2. The first kappa shape index (κ1) is 15.3. The third kappa shape index (κ3) is 3.26. The molecule has 2 saturated heterocycles. The molecule has 2 aliphatic heterocycles. The SMILES string of the molecule is CCN1CCC(N(C)C(=O)C2CC3CCCCC3N2)CC1. The maximum absolute atomic E-state index is 12.8. The van der Waals surface area contributed by atoms with E-state index in [1.165, 1.54) is 25.7 Å². The van der Waals surface area contributed by atoms with Gasteiger partial charge in [-0.25, -0.2) is 0 Å². The zero-order valence-electron chi connectivity index (χ0n) is 13.7. The van der Waals surface area contributed by atoms with Crippen LogP contribution in [-0.2, 0) is 4.79 Å². The van der Waals surface area contributed by atoms with Gasteiger partial charge < -0.3 is 15.1 Å². The lowest BCUT2D eigenvalue weighted by molar-refractivity contribution is -0.134. The summed E-state index contributed by atoms with van der Waals surface area (Å²) in [6.45, 7) is 5.64. The third-order valence-corrected chi connectivity index (χ3v) is 6.06. The summed E-state index contributed by atoms with van der Waals surface area (Å²) in [4.78, 5) is 17.3. The van der Waals surface area contributed by atoms with E-state index < -0.39 is 0 Å². The minimum absolute atomic E-state index is 0.0901. The van der Waals surface area contributed by atoms with Gasteiger partial charge in [-0.2, -0.15) is 0 Å². The van der Waals surface area contributed by atoms with E-state index in [1.807, 2.05) is 7.05 Å². The molecule has 21 heavy (non-hydrogen) atoms. The van der Waals surface area contributed by atoms with Crippen LogP contribution in [0.2, 0.25) is 0 Å². The second-order valence-electron chi connectivity index (χ2n) is 7.22. The van der Waals surface area contributed by atoms with Crippen molar-refractivity contribution in [3.63, 3.8) is 0 Å². The van der Waals surface area contributed by atoms with Crippen LogP contribution in [0.15, 0.2) is 0 Å². The van der Waals surface area contributed by atoms with Gasteiger partial charge in [0.05, 0.1) is 6.04 Å². The first-order chi connectivity index (χ1) is 10.2. The molecule has 0 bridgehead atoms. The number of amides is 1. The van der Waals surface area contributed by atoms with Gasteiger partial charge in [-0.15, -0.1) is 0 Å². The van der Waals surface area contributed by atoms with Crippen molar-refractivity contribution in [3.05, 3.63) is 0 Å². The van der Waals surface area contributed by atoms with Crippen molar-refractivity contribution in [2.24, 2.45) is 5.92 Å². The van der Waals surface area contributed by atoms with Gasteiger partial charge in [-0.05, 0) is 44.6 Å². The Balaban J connectivity index is 1.53. The Morgan fingerprint density at radius 2 is 1.90 bits per heavy atom. The van der Waals surface area contributed by atoms with Gasteiger partial charge in [0.25, 0.3) is 0 Å². The largest absolute Gasteiger partial charge is 0.341 e. The molecule has 2 heterocycles. The van der Waals surface area contributed by atoms with Crippen LogP contribution in [-0.4, -0.2) is 60.5 Å². The fourth-order valence-corrected chi connectivity index (χ4v) is 4.56.